The Morgan fingerprint density at radius 3 is 2.55 bits per heavy atom. The van der Waals surface area contributed by atoms with Gasteiger partial charge >= 0.3 is 0 Å². The van der Waals surface area contributed by atoms with E-state index in [1.165, 1.54) is 4.88 Å². The van der Waals surface area contributed by atoms with Crippen LogP contribution in [0.3, 0.4) is 0 Å². The summed E-state index contributed by atoms with van der Waals surface area (Å²) < 4.78 is 27.2. The standard InChI is InChI=1S/C14H18N2O2S2/c1-3-11-7-8-12(19-11)9-16-20(17,18)14-6-4-5-13(15)10(14)2/h4-8,16H,3,9,15H2,1-2H3. The van der Waals surface area contributed by atoms with Crippen molar-refractivity contribution < 1.29 is 8.42 Å². The highest BCUT2D eigenvalue weighted by Crippen LogP contribution is 2.21. The molecule has 0 aliphatic rings. The molecule has 2 aromatic rings. The molecule has 20 heavy (non-hydrogen) atoms. The predicted molar refractivity (Wildman–Crippen MR) is 83.3 cm³/mol. The van der Waals surface area contributed by atoms with Crippen LogP contribution in [0.25, 0.3) is 0 Å². The molecule has 6 heteroatoms. The van der Waals surface area contributed by atoms with Gasteiger partial charge in [-0.2, -0.15) is 0 Å². The van der Waals surface area contributed by atoms with E-state index in [0.29, 0.717) is 17.8 Å². The largest absolute Gasteiger partial charge is 0.398 e. The zero-order valence-electron chi connectivity index (χ0n) is 11.5. The van der Waals surface area contributed by atoms with Gasteiger partial charge in [0.05, 0.1) is 4.90 Å². The van der Waals surface area contributed by atoms with E-state index in [1.54, 1.807) is 36.5 Å². The molecule has 4 nitrogen and oxygen atoms in total. The van der Waals surface area contributed by atoms with Gasteiger partial charge in [0.1, 0.15) is 0 Å². The van der Waals surface area contributed by atoms with Crippen molar-refractivity contribution in [1.82, 2.24) is 4.72 Å². The Bertz CT molecular complexity index is 706. The highest BCUT2D eigenvalue weighted by atomic mass is 32.2. The molecule has 0 aliphatic carbocycles. The smallest absolute Gasteiger partial charge is 0.241 e. The fraction of sp³-hybridized carbons (Fsp3) is 0.286. The van der Waals surface area contributed by atoms with Crippen LogP contribution in [0.5, 0.6) is 0 Å². The second-order valence-corrected chi connectivity index (χ2v) is 7.50. The number of sulfonamides is 1. The monoisotopic (exact) mass is 310 g/mol. The SMILES string of the molecule is CCc1ccc(CNS(=O)(=O)c2cccc(N)c2C)s1. The average molecular weight is 310 g/mol. The molecule has 2 rings (SSSR count). The van der Waals surface area contributed by atoms with Crippen LogP contribution in [0.15, 0.2) is 35.2 Å². The van der Waals surface area contributed by atoms with E-state index in [2.05, 4.69) is 11.6 Å². The van der Waals surface area contributed by atoms with Crippen molar-refractivity contribution in [3.05, 3.63) is 45.6 Å². The molecule has 1 heterocycles. The van der Waals surface area contributed by atoms with Crippen LogP contribution in [0.2, 0.25) is 0 Å². The van der Waals surface area contributed by atoms with Crippen molar-refractivity contribution in [1.29, 1.82) is 0 Å². The molecule has 0 unspecified atom stereocenters. The van der Waals surface area contributed by atoms with Gasteiger partial charge in [0, 0.05) is 22.0 Å². The van der Waals surface area contributed by atoms with Crippen LogP contribution in [0.1, 0.15) is 22.2 Å². The lowest BCUT2D eigenvalue weighted by Crippen LogP contribution is -2.23. The third-order valence-electron chi connectivity index (χ3n) is 3.12. The number of anilines is 1. The molecule has 0 amide bonds. The molecule has 108 valence electrons. The second kappa shape index (κ2) is 5.95. The number of aryl methyl sites for hydroxylation is 1. The number of hydrogen-bond donors (Lipinski definition) is 2. The third kappa shape index (κ3) is 3.20. The Balaban J connectivity index is 2.17. The quantitative estimate of drug-likeness (QED) is 0.834. The molecular weight excluding hydrogens is 292 g/mol. The molecular formula is C14H18N2O2S2. The van der Waals surface area contributed by atoms with E-state index >= 15 is 0 Å². The summed E-state index contributed by atoms with van der Waals surface area (Å²) in [5, 5.41) is 0. The van der Waals surface area contributed by atoms with Crippen molar-refractivity contribution in [3.63, 3.8) is 0 Å². The van der Waals surface area contributed by atoms with Gasteiger partial charge in [-0.3, -0.25) is 0 Å². The molecule has 3 N–H and O–H groups in total. The summed E-state index contributed by atoms with van der Waals surface area (Å²) in [6, 6.07) is 8.90. The fourth-order valence-corrected chi connectivity index (χ4v) is 4.14. The van der Waals surface area contributed by atoms with Crippen LogP contribution in [0, 0.1) is 6.92 Å². The maximum absolute atomic E-state index is 12.3. The van der Waals surface area contributed by atoms with Gasteiger partial charge in [0.25, 0.3) is 0 Å². The molecule has 0 saturated heterocycles. The highest BCUT2D eigenvalue weighted by Gasteiger charge is 2.17. The average Bonchev–Trinajstić information content (AvgIpc) is 2.87. The van der Waals surface area contributed by atoms with Gasteiger partial charge in [-0.05, 0) is 43.2 Å². The molecule has 1 aromatic carbocycles. The van der Waals surface area contributed by atoms with Crippen LogP contribution in [-0.4, -0.2) is 8.42 Å². The van der Waals surface area contributed by atoms with Crippen molar-refractivity contribution >= 4 is 27.0 Å². The first-order chi connectivity index (χ1) is 9.44. The topological polar surface area (TPSA) is 72.2 Å². The molecule has 0 fully saturated rings. The van der Waals surface area contributed by atoms with E-state index in [1.807, 2.05) is 12.1 Å². The molecule has 0 radical (unpaired) electrons. The predicted octanol–water partition coefficient (Wildman–Crippen LogP) is 2.68. The van der Waals surface area contributed by atoms with Gasteiger partial charge in [-0.1, -0.05) is 13.0 Å². The van der Waals surface area contributed by atoms with E-state index in [9.17, 15) is 8.42 Å². The van der Waals surface area contributed by atoms with Gasteiger partial charge in [-0.15, -0.1) is 11.3 Å². The third-order valence-corrected chi connectivity index (χ3v) is 5.89. The minimum absolute atomic E-state index is 0.241. The Morgan fingerprint density at radius 1 is 1.20 bits per heavy atom. The lowest BCUT2D eigenvalue weighted by atomic mass is 10.2. The number of nitrogens with two attached hydrogens (primary N) is 1. The van der Waals surface area contributed by atoms with E-state index in [4.69, 9.17) is 5.73 Å². The van der Waals surface area contributed by atoms with Crippen molar-refractivity contribution in [2.75, 3.05) is 5.73 Å². The Hall–Kier alpha value is -1.37. The fourth-order valence-electron chi connectivity index (χ4n) is 1.87. The van der Waals surface area contributed by atoms with Crippen molar-refractivity contribution in [2.45, 2.75) is 31.7 Å². The summed E-state index contributed by atoms with van der Waals surface area (Å²) in [4.78, 5) is 2.50. The molecule has 0 saturated carbocycles. The van der Waals surface area contributed by atoms with Crippen LogP contribution in [-0.2, 0) is 23.0 Å². The highest BCUT2D eigenvalue weighted by molar-refractivity contribution is 7.89. The maximum Gasteiger partial charge on any atom is 0.241 e. The zero-order valence-corrected chi connectivity index (χ0v) is 13.1. The summed E-state index contributed by atoms with van der Waals surface area (Å²) in [5.74, 6) is 0. The number of thiophene rings is 1. The van der Waals surface area contributed by atoms with Crippen LogP contribution < -0.4 is 10.5 Å². The number of benzene rings is 1. The lowest BCUT2D eigenvalue weighted by molar-refractivity contribution is 0.581. The minimum Gasteiger partial charge on any atom is -0.398 e. The first-order valence-electron chi connectivity index (χ1n) is 6.36. The number of nitrogen functional groups attached to an aromatic ring is 1. The summed E-state index contributed by atoms with van der Waals surface area (Å²) in [6.45, 7) is 4.10. The number of hydrogen-bond acceptors (Lipinski definition) is 4. The minimum atomic E-state index is -3.53. The van der Waals surface area contributed by atoms with E-state index in [-0.39, 0.29) is 4.90 Å². The zero-order chi connectivity index (χ0) is 14.8. The normalized spacial score (nSPS) is 11.7. The van der Waals surface area contributed by atoms with Gasteiger partial charge in [0.2, 0.25) is 10.0 Å². The molecule has 1 aromatic heterocycles. The Morgan fingerprint density at radius 2 is 1.90 bits per heavy atom. The van der Waals surface area contributed by atoms with E-state index in [0.717, 1.165) is 11.3 Å². The molecule has 0 atom stereocenters. The summed E-state index contributed by atoms with van der Waals surface area (Å²) in [6.07, 6.45) is 0.964. The summed E-state index contributed by atoms with van der Waals surface area (Å²) in [5.41, 5.74) is 6.82. The summed E-state index contributed by atoms with van der Waals surface area (Å²) in [7, 11) is -3.53. The Kier molecular flexibility index (Phi) is 4.47. The first kappa shape index (κ1) is 15.0. The van der Waals surface area contributed by atoms with Gasteiger partial charge in [0.15, 0.2) is 0 Å². The number of nitrogens with one attached hydrogen (secondary N) is 1. The Labute approximate surface area is 123 Å². The molecule has 0 aliphatic heterocycles. The second-order valence-electron chi connectivity index (χ2n) is 4.52. The molecule has 0 spiro atoms. The molecule has 0 bridgehead atoms. The van der Waals surface area contributed by atoms with Crippen molar-refractivity contribution in [2.24, 2.45) is 0 Å². The van der Waals surface area contributed by atoms with Crippen molar-refractivity contribution in [3.8, 4) is 0 Å². The maximum atomic E-state index is 12.3. The summed E-state index contributed by atoms with van der Waals surface area (Å²) >= 11 is 1.62. The van der Waals surface area contributed by atoms with Crippen LogP contribution in [0.4, 0.5) is 5.69 Å². The van der Waals surface area contributed by atoms with E-state index < -0.39 is 10.0 Å². The first-order valence-corrected chi connectivity index (χ1v) is 8.66. The van der Waals surface area contributed by atoms with Gasteiger partial charge < -0.3 is 5.73 Å². The number of rotatable bonds is 5. The lowest BCUT2D eigenvalue weighted by Gasteiger charge is -2.10. The van der Waals surface area contributed by atoms with Gasteiger partial charge in [-0.25, -0.2) is 13.1 Å². The van der Waals surface area contributed by atoms with Crippen LogP contribution >= 0.6 is 11.3 Å².